The van der Waals surface area contributed by atoms with Crippen molar-refractivity contribution in [1.29, 1.82) is 10.5 Å². The average molecular weight is 508 g/mol. The quantitative estimate of drug-likeness (QED) is 0.243. The molecule has 0 saturated heterocycles. The number of hydrogen-bond acceptors (Lipinski definition) is 5. The van der Waals surface area contributed by atoms with Crippen LogP contribution in [-0.2, 0) is 4.57 Å². The van der Waals surface area contributed by atoms with Crippen LogP contribution >= 0.6 is 7.14 Å². The molecule has 0 fully saturated rings. The largest absolute Gasteiger partial charge is 0.456 e. The molecule has 5 aromatic carbocycles. The van der Waals surface area contributed by atoms with Crippen LogP contribution in [0.25, 0.3) is 43.9 Å². The van der Waals surface area contributed by atoms with Crippen molar-refractivity contribution in [2.45, 2.75) is 0 Å². The Morgan fingerprint density at radius 1 is 0.500 bits per heavy atom. The summed E-state index contributed by atoms with van der Waals surface area (Å²) in [4.78, 5) is 0. The van der Waals surface area contributed by atoms with Gasteiger partial charge in [-0.25, -0.2) is 0 Å². The number of benzene rings is 5. The molecule has 178 valence electrons. The van der Waals surface area contributed by atoms with Crippen LogP contribution in [0, 0.1) is 22.7 Å². The van der Waals surface area contributed by atoms with Gasteiger partial charge in [-0.3, -0.25) is 0 Å². The van der Waals surface area contributed by atoms with Gasteiger partial charge in [0.15, 0.2) is 7.14 Å². The minimum absolute atomic E-state index is 0.521. The fourth-order valence-electron chi connectivity index (χ4n) is 5.15. The predicted molar refractivity (Wildman–Crippen MR) is 150 cm³/mol. The van der Waals surface area contributed by atoms with Crippen LogP contribution < -0.4 is 15.9 Å². The second-order valence-corrected chi connectivity index (χ2v) is 11.9. The van der Waals surface area contributed by atoms with Gasteiger partial charge in [-0.2, -0.15) is 10.5 Å². The summed E-state index contributed by atoms with van der Waals surface area (Å²) in [5.41, 5.74) is 3.49. The van der Waals surface area contributed by atoms with E-state index in [2.05, 4.69) is 12.1 Å². The number of nitrogens with zero attached hydrogens (tertiary/aromatic N) is 2. The normalized spacial score (nSPS) is 11.7. The molecule has 2 aromatic heterocycles. The van der Waals surface area contributed by atoms with Gasteiger partial charge in [-0.05, 0) is 72.8 Å². The summed E-state index contributed by atoms with van der Waals surface area (Å²) in [7, 11) is -3.33. The van der Waals surface area contributed by atoms with E-state index in [0.29, 0.717) is 49.4 Å². The topological polar surface area (TPSA) is 90.9 Å². The van der Waals surface area contributed by atoms with Gasteiger partial charge in [0.1, 0.15) is 22.3 Å². The summed E-state index contributed by atoms with van der Waals surface area (Å²) < 4.78 is 27.4. The Kier molecular flexibility index (Phi) is 4.79. The smallest absolute Gasteiger partial charge is 0.171 e. The van der Waals surface area contributed by atoms with Crippen LogP contribution in [0.4, 0.5) is 0 Å². The standard InChI is InChI=1S/C32H17N2O3P/c33-18-20-6-10-25-27-12-8-23(16-31(27)36-29(25)14-20)38(35,22-4-2-1-3-5-22)24-9-13-28-26-11-7-21(19-34)15-30(26)37-32(28)17-24/h1-17H. The Balaban J connectivity index is 1.47. The first-order valence-corrected chi connectivity index (χ1v) is 13.7. The zero-order chi connectivity index (χ0) is 25.9. The lowest BCUT2D eigenvalue weighted by Crippen LogP contribution is -2.24. The summed E-state index contributed by atoms with van der Waals surface area (Å²) in [6.45, 7) is 0. The molecule has 6 heteroatoms. The molecule has 0 spiro atoms. The Bertz CT molecular complexity index is 2060. The SMILES string of the molecule is N#Cc1ccc2c(c1)oc1cc(P(=O)(c3ccccc3)c3ccc4c(c3)oc3cc(C#N)ccc34)ccc12. The van der Waals surface area contributed by atoms with Crippen molar-refractivity contribution < 1.29 is 13.4 Å². The van der Waals surface area contributed by atoms with Gasteiger partial charge >= 0.3 is 0 Å². The lowest BCUT2D eigenvalue weighted by molar-refractivity contribution is 0.592. The van der Waals surface area contributed by atoms with Crippen molar-refractivity contribution in [2.75, 3.05) is 0 Å². The van der Waals surface area contributed by atoms with E-state index in [-0.39, 0.29) is 0 Å². The molecule has 0 amide bonds. The third-order valence-corrected chi connectivity index (χ3v) is 10.1. The molecule has 7 rings (SSSR count). The Morgan fingerprint density at radius 2 is 0.921 bits per heavy atom. The molecular weight excluding hydrogens is 491 g/mol. The van der Waals surface area contributed by atoms with E-state index < -0.39 is 7.14 Å². The molecule has 0 atom stereocenters. The van der Waals surface area contributed by atoms with Gasteiger partial charge in [0.05, 0.1) is 23.3 Å². The first-order chi connectivity index (χ1) is 18.6. The Labute approximate surface area is 217 Å². The molecule has 0 radical (unpaired) electrons. The van der Waals surface area contributed by atoms with E-state index in [1.54, 1.807) is 24.3 Å². The molecule has 0 aliphatic carbocycles. The maximum atomic E-state index is 15.2. The van der Waals surface area contributed by atoms with E-state index in [4.69, 9.17) is 8.83 Å². The summed E-state index contributed by atoms with van der Waals surface area (Å²) in [6, 6.07) is 35.8. The van der Waals surface area contributed by atoms with Crippen molar-refractivity contribution in [3.05, 3.63) is 114 Å². The van der Waals surface area contributed by atoms with Gasteiger partial charge in [0, 0.05) is 37.5 Å². The fraction of sp³-hybridized carbons (Fsp3) is 0. The molecule has 7 aromatic rings. The first kappa shape index (κ1) is 22.1. The maximum absolute atomic E-state index is 15.2. The number of rotatable bonds is 3. The van der Waals surface area contributed by atoms with Crippen LogP contribution in [0.5, 0.6) is 0 Å². The first-order valence-electron chi connectivity index (χ1n) is 12.0. The van der Waals surface area contributed by atoms with E-state index >= 15 is 4.57 Å². The molecule has 0 aliphatic heterocycles. The molecule has 0 unspecified atom stereocenters. The van der Waals surface area contributed by atoms with Crippen molar-refractivity contribution in [3.8, 4) is 12.1 Å². The maximum Gasteiger partial charge on any atom is 0.171 e. The molecule has 0 N–H and O–H groups in total. The lowest BCUT2D eigenvalue weighted by Gasteiger charge is -2.20. The number of fused-ring (bicyclic) bond motifs is 6. The molecule has 2 heterocycles. The molecule has 5 nitrogen and oxygen atoms in total. The van der Waals surface area contributed by atoms with E-state index in [1.807, 2.05) is 78.9 Å². The highest BCUT2D eigenvalue weighted by Crippen LogP contribution is 2.45. The predicted octanol–water partition coefficient (Wildman–Crippen LogP) is 6.87. The summed E-state index contributed by atoms with van der Waals surface area (Å²) >= 11 is 0. The van der Waals surface area contributed by atoms with Crippen molar-refractivity contribution in [1.82, 2.24) is 0 Å². The van der Waals surface area contributed by atoms with Crippen molar-refractivity contribution in [2.24, 2.45) is 0 Å². The number of nitriles is 2. The third kappa shape index (κ3) is 3.20. The summed E-state index contributed by atoms with van der Waals surface area (Å²) in [6.07, 6.45) is 0. The zero-order valence-electron chi connectivity index (χ0n) is 19.9. The Morgan fingerprint density at radius 3 is 1.37 bits per heavy atom. The van der Waals surface area contributed by atoms with Gasteiger partial charge in [-0.1, -0.05) is 30.3 Å². The highest BCUT2D eigenvalue weighted by atomic mass is 31.2. The van der Waals surface area contributed by atoms with Gasteiger partial charge in [0.25, 0.3) is 0 Å². The summed E-state index contributed by atoms with van der Waals surface area (Å²) in [5, 5.41) is 24.1. The van der Waals surface area contributed by atoms with Crippen LogP contribution in [0.2, 0.25) is 0 Å². The monoisotopic (exact) mass is 508 g/mol. The average Bonchev–Trinajstić information content (AvgIpc) is 3.53. The highest BCUT2D eigenvalue weighted by Gasteiger charge is 2.31. The minimum Gasteiger partial charge on any atom is -0.456 e. The van der Waals surface area contributed by atoms with Crippen LogP contribution in [0.3, 0.4) is 0 Å². The Hall–Kier alpha value is -5.09. The van der Waals surface area contributed by atoms with Crippen LogP contribution in [-0.4, -0.2) is 0 Å². The molecular formula is C32H17N2O3P. The van der Waals surface area contributed by atoms with E-state index in [9.17, 15) is 10.5 Å². The molecule has 0 bridgehead atoms. The zero-order valence-corrected chi connectivity index (χ0v) is 20.8. The highest BCUT2D eigenvalue weighted by molar-refractivity contribution is 7.85. The van der Waals surface area contributed by atoms with E-state index in [1.165, 1.54) is 0 Å². The number of hydrogen-bond donors (Lipinski definition) is 0. The third-order valence-electron chi connectivity index (χ3n) is 7.02. The number of furan rings is 2. The molecule has 0 saturated carbocycles. The second kappa shape index (κ2) is 8.22. The second-order valence-electron chi connectivity index (χ2n) is 9.16. The minimum atomic E-state index is -3.33. The van der Waals surface area contributed by atoms with E-state index in [0.717, 1.165) is 21.5 Å². The van der Waals surface area contributed by atoms with Gasteiger partial charge in [-0.15, -0.1) is 0 Å². The van der Waals surface area contributed by atoms with Gasteiger partial charge in [0.2, 0.25) is 0 Å². The van der Waals surface area contributed by atoms with Crippen molar-refractivity contribution in [3.63, 3.8) is 0 Å². The fourth-order valence-corrected chi connectivity index (χ4v) is 7.80. The molecule has 0 aliphatic rings. The van der Waals surface area contributed by atoms with Gasteiger partial charge < -0.3 is 13.4 Å². The van der Waals surface area contributed by atoms with Crippen LogP contribution in [0.15, 0.2) is 112 Å². The van der Waals surface area contributed by atoms with Crippen LogP contribution in [0.1, 0.15) is 11.1 Å². The summed E-state index contributed by atoms with van der Waals surface area (Å²) in [5.74, 6) is 0. The molecule has 38 heavy (non-hydrogen) atoms. The lowest BCUT2D eigenvalue weighted by atomic mass is 10.1. The van der Waals surface area contributed by atoms with Crippen molar-refractivity contribution >= 4 is 66.9 Å².